The number of hydrogen-bond acceptors (Lipinski definition) is 8. The number of hydrogen-bond donors (Lipinski definition) is 2. The van der Waals surface area contributed by atoms with Crippen LogP contribution < -0.4 is 14.4 Å². The third-order valence-corrected chi connectivity index (χ3v) is 4.20. The summed E-state index contributed by atoms with van der Waals surface area (Å²) in [5.41, 5.74) is 1.62. The number of morpholine rings is 1. The van der Waals surface area contributed by atoms with Gasteiger partial charge in [0.25, 0.3) is 0 Å². The summed E-state index contributed by atoms with van der Waals surface area (Å²) in [6, 6.07) is 8.20. The summed E-state index contributed by atoms with van der Waals surface area (Å²) in [5.74, 6) is 0.673. The molecule has 2 N–H and O–H groups in total. The van der Waals surface area contributed by atoms with Crippen LogP contribution in [0, 0.1) is 0 Å². The minimum atomic E-state index is -0.207. The van der Waals surface area contributed by atoms with Crippen molar-refractivity contribution in [1.29, 1.82) is 0 Å². The minimum absolute atomic E-state index is 0.104. The molecule has 8 nitrogen and oxygen atoms in total. The normalized spacial score (nSPS) is 14.4. The van der Waals surface area contributed by atoms with Crippen LogP contribution in [0.4, 0.5) is 17.1 Å². The van der Waals surface area contributed by atoms with Gasteiger partial charge in [-0.2, -0.15) is 0 Å². The fraction of sp³-hybridized carbons (Fsp3) is 0.400. The third kappa shape index (κ3) is 4.45. The maximum atomic E-state index is 10.2. The first-order valence-electron chi connectivity index (χ1n) is 9.33. The summed E-state index contributed by atoms with van der Waals surface area (Å²) in [7, 11) is 0. The van der Waals surface area contributed by atoms with Crippen molar-refractivity contribution in [2.75, 3.05) is 44.4 Å². The van der Waals surface area contributed by atoms with Gasteiger partial charge in [0.1, 0.15) is 22.9 Å². The topological polar surface area (TPSA) is 96.1 Å². The highest BCUT2D eigenvalue weighted by Gasteiger charge is 2.20. The van der Waals surface area contributed by atoms with E-state index in [0.717, 1.165) is 24.5 Å². The Balaban J connectivity index is 2.01. The molecule has 0 saturated carbocycles. The monoisotopic (exact) mass is 387 g/mol. The summed E-state index contributed by atoms with van der Waals surface area (Å²) in [5, 5.41) is 28.5. The van der Waals surface area contributed by atoms with Gasteiger partial charge < -0.3 is 29.3 Å². The van der Waals surface area contributed by atoms with E-state index in [1.165, 1.54) is 12.1 Å². The number of nitrogens with zero attached hydrogens (tertiary/aromatic N) is 3. The Bertz CT molecular complexity index is 835. The molecule has 1 saturated heterocycles. The standard InChI is InChI=1S/C20H25N3O5/c1-3-27-17-7-5-6-15(20(17)23-8-10-26-11-9-23)21-22-19-16(25)12-14(24)13-18(19)28-4-2/h5-7,12-13,24-25H,3-4,8-11H2,1-2H3. The van der Waals surface area contributed by atoms with Crippen LogP contribution in [0.25, 0.3) is 0 Å². The Kier molecular flexibility index (Phi) is 6.54. The molecule has 28 heavy (non-hydrogen) atoms. The lowest BCUT2D eigenvalue weighted by Crippen LogP contribution is -2.36. The van der Waals surface area contributed by atoms with Crippen molar-refractivity contribution < 1.29 is 24.4 Å². The van der Waals surface area contributed by atoms with Crippen molar-refractivity contribution in [3.8, 4) is 23.0 Å². The molecule has 2 aromatic carbocycles. The number of aromatic hydroxyl groups is 2. The first-order valence-corrected chi connectivity index (χ1v) is 9.33. The zero-order valence-electron chi connectivity index (χ0n) is 16.1. The largest absolute Gasteiger partial charge is 0.508 e. The van der Waals surface area contributed by atoms with Gasteiger partial charge in [0.05, 0.1) is 26.4 Å². The van der Waals surface area contributed by atoms with Crippen molar-refractivity contribution in [3.05, 3.63) is 30.3 Å². The van der Waals surface area contributed by atoms with Gasteiger partial charge in [-0.05, 0) is 26.0 Å². The number of phenolic OH excluding ortho intramolecular Hbond substituents is 2. The fourth-order valence-electron chi connectivity index (χ4n) is 3.02. The van der Waals surface area contributed by atoms with Gasteiger partial charge in [0, 0.05) is 25.2 Å². The van der Waals surface area contributed by atoms with Gasteiger partial charge in [-0.3, -0.25) is 0 Å². The van der Waals surface area contributed by atoms with Crippen LogP contribution >= 0.6 is 0 Å². The van der Waals surface area contributed by atoms with Crippen molar-refractivity contribution in [2.24, 2.45) is 10.2 Å². The number of benzene rings is 2. The van der Waals surface area contributed by atoms with E-state index in [-0.39, 0.29) is 22.9 Å². The zero-order valence-corrected chi connectivity index (χ0v) is 16.1. The number of anilines is 1. The van der Waals surface area contributed by atoms with Crippen LogP contribution in [-0.4, -0.2) is 49.7 Å². The molecule has 150 valence electrons. The predicted octanol–water partition coefficient (Wildman–Crippen LogP) is 4.15. The molecule has 0 radical (unpaired) electrons. The molecule has 2 aromatic rings. The van der Waals surface area contributed by atoms with Gasteiger partial charge in [0.15, 0.2) is 17.2 Å². The van der Waals surface area contributed by atoms with Gasteiger partial charge in [-0.1, -0.05) is 6.07 Å². The number of phenols is 2. The van der Waals surface area contributed by atoms with Gasteiger partial charge >= 0.3 is 0 Å². The molecular weight excluding hydrogens is 362 g/mol. The zero-order chi connectivity index (χ0) is 19.9. The van der Waals surface area contributed by atoms with E-state index in [4.69, 9.17) is 14.2 Å². The average molecular weight is 387 g/mol. The van der Waals surface area contributed by atoms with E-state index in [1.54, 1.807) is 0 Å². The first kappa shape index (κ1) is 19.8. The smallest absolute Gasteiger partial charge is 0.169 e. The van der Waals surface area contributed by atoms with E-state index in [1.807, 2.05) is 32.0 Å². The summed E-state index contributed by atoms with van der Waals surface area (Å²) in [6.45, 7) is 7.34. The molecule has 0 amide bonds. The summed E-state index contributed by atoms with van der Waals surface area (Å²) < 4.78 is 16.7. The maximum Gasteiger partial charge on any atom is 0.169 e. The number of ether oxygens (including phenoxy) is 3. The molecular formula is C20H25N3O5. The first-order chi connectivity index (χ1) is 13.6. The lowest BCUT2D eigenvalue weighted by atomic mass is 10.2. The van der Waals surface area contributed by atoms with Crippen LogP contribution in [0.3, 0.4) is 0 Å². The SMILES string of the molecule is CCOc1cc(O)cc(O)c1N=Nc1cccc(OCC)c1N1CCOCC1. The van der Waals surface area contributed by atoms with Crippen molar-refractivity contribution >= 4 is 17.1 Å². The van der Waals surface area contributed by atoms with Gasteiger partial charge in [-0.25, -0.2) is 0 Å². The molecule has 1 aliphatic heterocycles. The minimum Gasteiger partial charge on any atom is -0.508 e. The van der Waals surface area contributed by atoms with E-state index in [0.29, 0.717) is 32.1 Å². The molecule has 0 spiro atoms. The average Bonchev–Trinajstić information content (AvgIpc) is 2.68. The highest BCUT2D eigenvalue weighted by Crippen LogP contribution is 2.43. The van der Waals surface area contributed by atoms with Crippen LogP contribution in [0.2, 0.25) is 0 Å². The van der Waals surface area contributed by atoms with Crippen molar-refractivity contribution in [3.63, 3.8) is 0 Å². The molecule has 0 aliphatic carbocycles. The Labute approximate surface area is 164 Å². The summed E-state index contributed by atoms with van der Waals surface area (Å²) in [6.07, 6.45) is 0. The molecule has 1 heterocycles. The van der Waals surface area contributed by atoms with Crippen molar-refractivity contribution in [2.45, 2.75) is 13.8 Å². The molecule has 0 unspecified atom stereocenters. The Morgan fingerprint density at radius 1 is 1.00 bits per heavy atom. The third-order valence-electron chi connectivity index (χ3n) is 4.20. The molecule has 0 atom stereocenters. The summed E-state index contributed by atoms with van der Waals surface area (Å²) >= 11 is 0. The van der Waals surface area contributed by atoms with Gasteiger partial charge in [-0.15, -0.1) is 10.2 Å². The van der Waals surface area contributed by atoms with E-state index >= 15 is 0 Å². The second kappa shape index (κ2) is 9.27. The molecule has 1 aliphatic rings. The van der Waals surface area contributed by atoms with Gasteiger partial charge in [0.2, 0.25) is 0 Å². The van der Waals surface area contributed by atoms with E-state index in [9.17, 15) is 10.2 Å². The predicted molar refractivity (Wildman–Crippen MR) is 106 cm³/mol. The lowest BCUT2D eigenvalue weighted by molar-refractivity contribution is 0.122. The molecule has 0 bridgehead atoms. The van der Waals surface area contributed by atoms with E-state index in [2.05, 4.69) is 15.1 Å². The summed E-state index contributed by atoms with van der Waals surface area (Å²) in [4.78, 5) is 2.16. The highest BCUT2D eigenvalue weighted by molar-refractivity contribution is 5.75. The number of rotatable bonds is 7. The molecule has 0 aromatic heterocycles. The van der Waals surface area contributed by atoms with Crippen LogP contribution in [-0.2, 0) is 4.74 Å². The lowest BCUT2D eigenvalue weighted by Gasteiger charge is -2.30. The molecule has 1 fully saturated rings. The quantitative estimate of drug-likeness (QED) is 0.693. The Morgan fingerprint density at radius 2 is 1.71 bits per heavy atom. The Morgan fingerprint density at radius 3 is 2.43 bits per heavy atom. The van der Waals surface area contributed by atoms with Crippen molar-refractivity contribution in [1.82, 2.24) is 0 Å². The van der Waals surface area contributed by atoms with Crippen LogP contribution in [0.1, 0.15) is 13.8 Å². The molecule has 8 heteroatoms. The Hall–Kier alpha value is -3.00. The maximum absolute atomic E-state index is 10.2. The van der Waals surface area contributed by atoms with E-state index < -0.39 is 0 Å². The van der Waals surface area contributed by atoms with Crippen LogP contribution in [0.5, 0.6) is 23.0 Å². The second-order valence-corrected chi connectivity index (χ2v) is 6.10. The fourth-order valence-corrected chi connectivity index (χ4v) is 3.02. The second-order valence-electron chi connectivity index (χ2n) is 6.10. The highest BCUT2D eigenvalue weighted by atomic mass is 16.5. The number of para-hydroxylation sites is 1. The molecule has 3 rings (SSSR count). The number of azo groups is 1. The van der Waals surface area contributed by atoms with Crippen LogP contribution in [0.15, 0.2) is 40.6 Å².